The molecule has 4 aromatic rings. The largest absolute Gasteiger partial charge is 0.338 e. The van der Waals surface area contributed by atoms with Crippen LogP contribution in [-0.4, -0.2) is 18.4 Å². The molecule has 3 aromatic carbocycles. The summed E-state index contributed by atoms with van der Waals surface area (Å²) in [5.74, 6) is 0.697. The Morgan fingerprint density at radius 2 is 1.62 bits per heavy atom. The number of hydrogen-bond donors (Lipinski definition) is 2. The maximum Gasteiger partial charge on any atom is 0.261 e. The van der Waals surface area contributed by atoms with Crippen molar-refractivity contribution in [2.45, 2.75) is 11.8 Å². The average molecular weight is 363 g/mol. The maximum absolute atomic E-state index is 12.7. The summed E-state index contributed by atoms with van der Waals surface area (Å²) in [5, 5.41) is 0. The Morgan fingerprint density at radius 3 is 2.35 bits per heavy atom. The van der Waals surface area contributed by atoms with Gasteiger partial charge in [0.05, 0.1) is 16.1 Å². The second kappa shape index (κ2) is 6.31. The Kier molecular flexibility index (Phi) is 3.97. The number of imidazole rings is 1. The predicted octanol–water partition coefficient (Wildman–Crippen LogP) is 4.34. The van der Waals surface area contributed by atoms with Crippen LogP contribution in [0.25, 0.3) is 22.4 Å². The number of benzene rings is 3. The highest BCUT2D eigenvalue weighted by Gasteiger charge is 2.17. The Balaban J connectivity index is 1.75. The molecule has 0 amide bonds. The van der Waals surface area contributed by atoms with Crippen LogP contribution >= 0.6 is 0 Å². The fourth-order valence-electron chi connectivity index (χ4n) is 2.77. The molecule has 0 fully saturated rings. The lowest BCUT2D eigenvalue weighted by atomic mass is 10.2. The zero-order valence-electron chi connectivity index (χ0n) is 14.1. The molecule has 0 aliphatic heterocycles. The Hall–Kier alpha value is -3.12. The minimum atomic E-state index is -3.68. The first-order valence-electron chi connectivity index (χ1n) is 8.16. The lowest BCUT2D eigenvalue weighted by Gasteiger charge is -2.08. The van der Waals surface area contributed by atoms with Gasteiger partial charge in [0, 0.05) is 5.56 Å². The number of nitrogens with zero attached hydrogens (tertiary/aromatic N) is 1. The van der Waals surface area contributed by atoms with E-state index in [0.717, 1.165) is 16.6 Å². The zero-order chi connectivity index (χ0) is 18.1. The standard InChI is InChI=1S/C20H17N3O2S/c1-14-10-12-16(13-11-14)26(24,25)23-18-9-5-8-17-19(18)22-20(21-17)15-6-3-2-4-7-15/h2-13,23H,1H3,(H,21,22). The monoisotopic (exact) mass is 363 g/mol. The third-order valence-corrected chi connectivity index (χ3v) is 5.52. The average Bonchev–Trinajstić information content (AvgIpc) is 3.08. The summed E-state index contributed by atoms with van der Waals surface area (Å²) in [5.41, 5.74) is 3.75. The van der Waals surface area contributed by atoms with Crippen molar-refractivity contribution in [2.24, 2.45) is 0 Å². The highest BCUT2D eigenvalue weighted by atomic mass is 32.2. The Labute approximate surface area is 151 Å². The number of fused-ring (bicyclic) bond motifs is 1. The lowest BCUT2D eigenvalue weighted by molar-refractivity contribution is 0.601. The number of para-hydroxylation sites is 1. The molecule has 26 heavy (non-hydrogen) atoms. The van der Waals surface area contributed by atoms with E-state index in [-0.39, 0.29) is 4.90 Å². The van der Waals surface area contributed by atoms with Crippen LogP contribution in [0.15, 0.2) is 77.7 Å². The summed E-state index contributed by atoms with van der Waals surface area (Å²) in [4.78, 5) is 8.05. The van der Waals surface area contributed by atoms with E-state index < -0.39 is 10.0 Å². The molecule has 1 aromatic heterocycles. The van der Waals surface area contributed by atoms with Crippen molar-refractivity contribution in [1.82, 2.24) is 9.97 Å². The first-order valence-corrected chi connectivity index (χ1v) is 9.65. The number of rotatable bonds is 4. The van der Waals surface area contributed by atoms with Crippen LogP contribution in [0.3, 0.4) is 0 Å². The number of hydrogen-bond acceptors (Lipinski definition) is 3. The quantitative estimate of drug-likeness (QED) is 0.566. The van der Waals surface area contributed by atoms with Crippen LogP contribution in [0.2, 0.25) is 0 Å². The highest BCUT2D eigenvalue weighted by molar-refractivity contribution is 7.92. The second-order valence-electron chi connectivity index (χ2n) is 6.07. The van der Waals surface area contributed by atoms with Crippen molar-refractivity contribution < 1.29 is 8.42 Å². The van der Waals surface area contributed by atoms with E-state index in [1.807, 2.05) is 43.3 Å². The van der Waals surface area contributed by atoms with Crippen molar-refractivity contribution in [3.8, 4) is 11.4 Å². The molecule has 130 valence electrons. The van der Waals surface area contributed by atoms with E-state index in [1.165, 1.54) is 0 Å². The van der Waals surface area contributed by atoms with Gasteiger partial charge in [-0.1, -0.05) is 54.1 Å². The lowest BCUT2D eigenvalue weighted by Crippen LogP contribution is -2.13. The topological polar surface area (TPSA) is 74.8 Å². The Bertz CT molecular complexity index is 1160. The Morgan fingerprint density at radius 1 is 0.885 bits per heavy atom. The number of anilines is 1. The molecule has 6 heteroatoms. The van der Waals surface area contributed by atoms with Crippen LogP contribution in [0.4, 0.5) is 5.69 Å². The third kappa shape index (κ3) is 3.07. The molecular weight excluding hydrogens is 346 g/mol. The van der Waals surface area contributed by atoms with Gasteiger partial charge in [-0.15, -0.1) is 0 Å². The van der Waals surface area contributed by atoms with Crippen molar-refractivity contribution >= 4 is 26.7 Å². The summed E-state index contributed by atoms with van der Waals surface area (Å²) >= 11 is 0. The predicted molar refractivity (Wildman–Crippen MR) is 104 cm³/mol. The highest BCUT2D eigenvalue weighted by Crippen LogP contribution is 2.27. The summed E-state index contributed by atoms with van der Waals surface area (Å²) in [7, 11) is -3.68. The molecule has 0 radical (unpaired) electrons. The molecule has 0 unspecified atom stereocenters. The van der Waals surface area contributed by atoms with Gasteiger partial charge in [-0.2, -0.15) is 0 Å². The van der Waals surface area contributed by atoms with E-state index >= 15 is 0 Å². The summed E-state index contributed by atoms with van der Waals surface area (Å²) in [6.07, 6.45) is 0. The summed E-state index contributed by atoms with van der Waals surface area (Å²) in [6, 6.07) is 21.8. The number of H-pyrrole nitrogens is 1. The van der Waals surface area contributed by atoms with Gasteiger partial charge < -0.3 is 4.98 Å². The van der Waals surface area contributed by atoms with Crippen LogP contribution in [0.5, 0.6) is 0 Å². The minimum Gasteiger partial charge on any atom is -0.338 e. The number of sulfonamides is 1. The first-order chi connectivity index (χ1) is 12.5. The normalized spacial score (nSPS) is 11.6. The molecule has 0 bridgehead atoms. The number of aromatic amines is 1. The second-order valence-corrected chi connectivity index (χ2v) is 7.75. The van der Waals surface area contributed by atoms with E-state index in [4.69, 9.17) is 0 Å². The molecule has 5 nitrogen and oxygen atoms in total. The summed E-state index contributed by atoms with van der Waals surface area (Å²) < 4.78 is 28.0. The van der Waals surface area contributed by atoms with Crippen molar-refractivity contribution in [3.05, 3.63) is 78.4 Å². The summed E-state index contributed by atoms with van der Waals surface area (Å²) in [6.45, 7) is 1.92. The van der Waals surface area contributed by atoms with Crippen LogP contribution in [-0.2, 0) is 10.0 Å². The van der Waals surface area contributed by atoms with Crippen molar-refractivity contribution in [3.63, 3.8) is 0 Å². The number of aryl methyl sites for hydroxylation is 1. The van der Waals surface area contributed by atoms with E-state index in [9.17, 15) is 8.42 Å². The van der Waals surface area contributed by atoms with Crippen LogP contribution in [0.1, 0.15) is 5.56 Å². The van der Waals surface area contributed by atoms with E-state index in [0.29, 0.717) is 17.0 Å². The van der Waals surface area contributed by atoms with Gasteiger partial charge in [-0.05, 0) is 31.2 Å². The fraction of sp³-hybridized carbons (Fsp3) is 0.0500. The van der Waals surface area contributed by atoms with E-state index in [2.05, 4.69) is 14.7 Å². The zero-order valence-corrected chi connectivity index (χ0v) is 14.9. The molecule has 0 atom stereocenters. The SMILES string of the molecule is Cc1ccc(S(=O)(=O)Nc2cccc3[nH]c(-c4ccccc4)nc23)cc1. The molecular formula is C20H17N3O2S. The van der Waals surface area contributed by atoms with Gasteiger partial charge in [0.15, 0.2) is 0 Å². The molecule has 0 aliphatic rings. The molecule has 0 saturated heterocycles. The molecule has 0 saturated carbocycles. The van der Waals surface area contributed by atoms with Gasteiger partial charge in [0.2, 0.25) is 0 Å². The van der Waals surface area contributed by atoms with Crippen LogP contribution < -0.4 is 4.72 Å². The maximum atomic E-state index is 12.7. The first kappa shape index (κ1) is 16.4. The van der Waals surface area contributed by atoms with E-state index in [1.54, 1.807) is 36.4 Å². The third-order valence-electron chi connectivity index (χ3n) is 4.14. The van der Waals surface area contributed by atoms with Crippen LogP contribution in [0, 0.1) is 6.92 Å². The molecule has 1 heterocycles. The van der Waals surface area contributed by atoms with Crippen molar-refractivity contribution in [1.29, 1.82) is 0 Å². The van der Waals surface area contributed by atoms with Gasteiger partial charge in [0.25, 0.3) is 10.0 Å². The van der Waals surface area contributed by atoms with Gasteiger partial charge in [-0.25, -0.2) is 13.4 Å². The van der Waals surface area contributed by atoms with Gasteiger partial charge in [-0.3, -0.25) is 4.72 Å². The fourth-order valence-corrected chi connectivity index (χ4v) is 3.83. The smallest absolute Gasteiger partial charge is 0.261 e. The van der Waals surface area contributed by atoms with Crippen molar-refractivity contribution in [2.75, 3.05) is 4.72 Å². The minimum absolute atomic E-state index is 0.221. The molecule has 2 N–H and O–H groups in total. The molecule has 4 rings (SSSR count). The van der Waals surface area contributed by atoms with Gasteiger partial charge >= 0.3 is 0 Å². The number of nitrogens with one attached hydrogen (secondary N) is 2. The van der Waals surface area contributed by atoms with Gasteiger partial charge in [0.1, 0.15) is 11.3 Å². The number of aromatic nitrogens is 2. The molecule has 0 spiro atoms. The molecule has 0 aliphatic carbocycles.